The molecular formula is C19H27N3O2S. The highest BCUT2D eigenvalue weighted by atomic mass is 32.1. The molecule has 2 aromatic rings. The molecule has 2 saturated heterocycles. The highest BCUT2D eigenvalue weighted by molar-refractivity contribution is 7.18. The molecule has 1 aromatic carbocycles. The summed E-state index contributed by atoms with van der Waals surface area (Å²) in [6.45, 7) is 7.13. The van der Waals surface area contributed by atoms with Crippen LogP contribution in [0.5, 0.6) is 0 Å². The summed E-state index contributed by atoms with van der Waals surface area (Å²) in [5, 5.41) is 11.7. The van der Waals surface area contributed by atoms with Gasteiger partial charge in [-0.25, -0.2) is 4.98 Å². The molecule has 2 fully saturated rings. The summed E-state index contributed by atoms with van der Waals surface area (Å²) >= 11 is 1.84. The van der Waals surface area contributed by atoms with Gasteiger partial charge in [-0.15, -0.1) is 11.3 Å². The van der Waals surface area contributed by atoms with Crippen LogP contribution < -0.4 is 0 Å². The molecule has 0 aliphatic carbocycles. The molecule has 0 saturated carbocycles. The number of β-amino-alcohol motifs (C(OH)–C–C–N with tert-alkyl or cyclic N) is 1. The van der Waals surface area contributed by atoms with E-state index in [1.807, 2.05) is 11.3 Å². The Morgan fingerprint density at radius 2 is 1.76 bits per heavy atom. The van der Waals surface area contributed by atoms with Gasteiger partial charge in [-0.2, -0.15) is 0 Å². The van der Waals surface area contributed by atoms with Crippen LogP contribution in [0.3, 0.4) is 0 Å². The molecule has 2 aliphatic rings. The Labute approximate surface area is 153 Å². The molecule has 0 radical (unpaired) electrons. The molecule has 6 heteroatoms. The molecule has 1 atom stereocenters. The number of aromatic nitrogens is 1. The molecule has 4 rings (SSSR count). The number of rotatable bonds is 5. The van der Waals surface area contributed by atoms with Crippen molar-refractivity contribution >= 4 is 21.6 Å². The fourth-order valence-corrected chi connectivity index (χ4v) is 5.00. The lowest BCUT2D eigenvalue weighted by molar-refractivity contribution is 0.00509. The maximum Gasteiger partial charge on any atom is 0.0970 e. The number of aliphatic hydroxyl groups is 1. The Balaban J connectivity index is 1.26. The normalized spacial score (nSPS) is 22.4. The fourth-order valence-electron chi connectivity index (χ4n) is 3.86. The number of hydrogen-bond acceptors (Lipinski definition) is 6. The van der Waals surface area contributed by atoms with Crippen LogP contribution in [0.4, 0.5) is 0 Å². The zero-order valence-electron chi connectivity index (χ0n) is 14.6. The van der Waals surface area contributed by atoms with Crippen LogP contribution in [-0.4, -0.2) is 78.5 Å². The van der Waals surface area contributed by atoms with Crippen molar-refractivity contribution in [2.24, 2.45) is 0 Å². The number of hydrogen-bond donors (Lipinski definition) is 1. The van der Waals surface area contributed by atoms with E-state index in [2.05, 4.69) is 34.1 Å². The number of fused-ring (bicyclic) bond motifs is 1. The highest BCUT2D eigenvalue weighted by Crippen LogP contribution is 2.33. The van der Waals surface area contributed by atoms with Crippen LogP contribution in [0.25, 0.3) is 10.2 Å². The largest absolute Gasteiger partial charge is 0.390 e. The van der Waals surface area contributed by atoms with Crippen LogP contribution in [0.2, 0.25) is 0 Å². The van der Waals surface area contributed by atoms with E-state index in [-0.39, 0.29) is 6.10 Å². The summed E-state index contributed by atoms with van der Waals surface area (Å²) in [4.78, 5) is 9.55. The van der Waals surface area contributed by atoms with Crippen molar-refractivity contribution in [1.29, 1.82) is 0 Å². The molecule has 5 nitrogen and oxygen atoms in total. The van der Waals surface area contributed by atoms with E-state index in [1.54, 1.807) is 0 Å². The number of likely N-dealkylation sites (tertiary alicyclic amines) is 1. The van der Waals surface area contributed by atoms with Gasteiger partial charge in [0.05, 0.1) is 34.5 Å². The first-order chi connectivity index (χ1) is 12.3. The third kappa shape index (κ3) is 4.38. The summed E-state index contributed by atoms with van der Waals surface area (Å²) in [6.07, 6.45) is 2.02. The number of morpholine rings is 1. The lowest BCUT2D eigenvalue weighted by Gasteiger charge is -2.34. The van der Waals surface area contributed by atoms with Crippen molar-refractivity contribution in [1.82, 2.24) is 14.8 Å². The molecule has 3 heterocycles. The van der Waals surface area contributed by atoms with Crippen molar-refractivity contribution in [2.45, 2.75) is 24.9 Å². The predicted molar refractivity (Wildman–Crippen MR) is 101 cm³/mol. The van der Waals surface area contributed by atoms with E-state index in [0.717, 1.165) is 70.8 Å². The maximum absolute atomic E-state index is 10.4. The molecule has 136 valence electrons. The number of thiazole rings is 1. The lowest BCUT2D eigenvalue weighted by Crippen LogP contribution is -2.46. The Bertz CT molecular complexity index is 645. The standard InChI is InChI=1S/C19H27N3O2S/c23-16(14-22-9-11-24-12-10-22)13-21-7-5-15(6-8-21)19-20-17-3-1-2-4-18(17)25-19/h1-4,15-16,23H,5-14H2/t16-/m1/s1. The molecule has 2 aliphatic heterocycles. The Morgan fingerprint density at radius 1 is 1.08 bits per heavy atom. The van der Waals surface area contributed by atoms with Crippen LogP contribution in [0.15, 0.2) is 24.3 Å². The summed E-state index contributed by atoms with van der Waals surface area (Å²) in [7, 11) is 0. The Kier molecular flexibility index (Phi) is 5.63. The van der Waals surface area contributed by atoms with Gasteiger partial charge in [-0.1, -0.05) is 12.1 Å². The number of ether oxygens (including phenoxy) is 1. The average Bonchev–Trinajstić information content (AvgIpc) is 3.07. The first-order valence-corrected chi connectivity index (χ1v) is 10.2. The van der Waals surface area contributed by atoms with Gasteiger partial charge in [0.2, 0.25) is 0 Å². The number of nitrogens with zero attached hydrogens (tertiary/aromatic N) is 3. The summed E-state index contributed by atoms with van der Waals surface area (Å²) in [5.74, 6) is 0.574. The molecular weight excluding hydrogens is 334 g/mol. The van der Waals surface area contributed by atoms with Crippen LogP contribution in [0.1, 0.15) is 23.8 Å². The van der Waals surface area contributed by atoms with Gasteiger partial charge in [-0.3, -0.25) is 4.90 Å². The third-order valence-corrected chi connectivity index (χ3v) is 6.49. The molecule has 0 unspecified atom stereocenters. The minimum absolute atomic E-state index is 0.267. The van der Waals surface area contributed by atoms with Crippen LogP contribution >= 0.6 is 11.3 Å². The first-order valence-electron chi connectivity index (χ1n) is 9.34. The van der Waals surface area contributed by atoms with Gasteiger partial charge < -0.3 is 14.7 Å². The van der Waals surface area contributed by atoms with E-state index in [0.29, 0.717) is 5.92 Å². The summed E-state index contributed by atoms with van der Waals surface area (Å²) in [6, 6.07) is 8.41. The van der Waals surface area contributed by atoms with Crippen molar-refractivity contribution in [2.75, 3.05) is 52.5 Å². The van der Waals surface area contributed by atoms with Gasteiger partial charge in [-0.05, 0) is 38.1 Å². The average molecular weight is 362 g/mol. The van der Waals surface area contributed by atoms with E-state index in [9.17, 15) is 5.11 Å². The van der Waals surface area contributed by atoms with Gasteiger partial charge in [0.15, 0.2) is 0 Å². The topological polar surface area (TPSA) is 48.8 Å². The second-order valence-corrected chi connectivity index (χ2v) is 8.22. The van der Waals surface area contributed by atoms with Crippen molar-refractivity contribution < 1.29 is 9.84 Å². The Hall–Kier alpha value is -1.05. The van der Waals surface area contributed by atoms with Crippen molar-refractivity contribution in [3.05, 3.63) is 29.3 Å². The molecule has 0 bridgehead atoms. The molecule has 1 aromatic heterocycles. The second-order valence-electron chi connectivity index (χ2n) is 7.16. The molecule has 0 spiro atoms. The summed E-state index contributed by atoms with van der Waals surface area (Å²) in [5.41, 5.74) is 1.13. The number of aliphatic hydroxyl groups excluding tert-OH is 1. The quantitative estimate of drug-likeness (QED) is 0.884. The Morgan fingerprint density at radius 3 is 2.48 bits per heavy atom. The van der Waals surface area contributed by atoms with Crippen molar-refractivity contribution in [3.63, 3.8) is 0 Å². The van der Waals surface area contributed by atoms with Crippen LogP contribution in [-0.2, 0) is 4.74 Å². The smallest absolute Gasteiger partial charge is 0.0970 e. The van der Waals surface area contributed by atoms with E-state index in [1.165, 1.54) is 9.71 Å². The van der Waals surface area contributed by atoms with Gasteiger partial charge in [0.25, 0.3) is 0 Å². The van der Waals surface area contributed by atoms with Crippen molar-refractivity contribution in [3.8, 4) is 0 Å². The first kappa shape index (κ1) is 17.4. The van der Waals surface area contributed by atoms with E-state index >= 15 is 0 Å². The van der Waals surface area contributed by atoms with Gasteiger partial charge >= 0.3 is 0 Å². The van der Waals surface area contributed by atoms with Crippen LogP contribution in [0, 0.1) is 0 Å². The zero-order chi connectivity index (χ0) is 17.1. The third-order valence-electron chi connectivity index (χ3n) is 5.29. The molecule has 25 heavy (non-hydrogen) atoms. The van der Waals surface area contributed by atoms with E-state index in [4.69, 9.17) is 9.72 Å². The monoisotopic (exact) mass is 361 g/mol. The summed E-state index contributed by atoms with van der Waals surface area (Å²) < 4.78 is 6.66. The SMILES string of the molecule is O[C@@H](CN1CCOCC1)CN1CCC(c2nc3ccccc3s2)CC1. The minimum atomic E-state index is -0.267. The highest BCUT2D eigenvalue weighted by Gasteiger charge is 2.25. The number of piperidine rings is 1. The molecule has 0 amide bonds. The maximum atomic E-state index is 10.4. The predicted octanol–water partition coefficient (Wildman–Crippen LogP) is 2.17. The van der Waals surface area contributed by atoms with Gasteiger partial charge in [0.1, 0.15) is 0 Å². The number of para-hydroxylation sites is 1. The van der Waals surface area contributed by atoms with Gasteiger partial charge in [0, 0.05) is 32.1 Å². The fraction of sp³-hybridized carbons (Fsp3) is 0.632. The minimum Gasteiger partial charge on any atom is -0.390 e. The second kappa shape index (κ2) is 8.10. The zero-order valence-corrected chi connectivity index (χ0v) is 15.5. The molecule has 1 N–H and O–H groups in total. The lowest BCUT2D eigenvalue weighted by atomic mass is 9.97. The number of benzene rings is 1. The van der Waals surface area contributed by atoms with E-state index < -0.39 is 0 Å².